The van der Waals surface area contributed by atoms with Gasteiger partial charge in [0.1, 0.15) is 11.8 Å². The van der Waals surface area contributed by atoms with Gasteiger partial charge in [-0.25, -0.2) is 4.79 Å². The maximum absolute atomic E-state index is 10.8. The summed E-state index contributed by atoms with van der Waals surface area (Å²) in [6.45, 7) is 3.03. The SMILES string of the molecule is CC(=O)O/N=C(\C)c1ccc(Sc2ccc(N=O)cc2C#N)cc1. The number of nitriles is 1. The summed E-state index contributed by atoms with van der Waals surface area (Å²) >= 11 is 1.41. The highest BCUT2D eigenvalue weighted by Gasteiger charge is 2.07. The standard InChI is InChI=1S/C17H13N3O3S/c1-11(20-23-12(2)21)13-3-6-16(7-4-13)24-17-8-5-15(19-22)9-14(17)10-18/h3-9H,1-2H3/b20-11+. The number of nitrogens with zero attached hydrogens (tertiary/aromatic N) is 3. The van der Waals surface area contributed by atoms with Crippen molar-refractivity contribution in [3.63, 3.8) is 0 Å². The van der Waals surface area contributed by atoms with Gasteiger partial charge in [0.25, 0.3) is 0 Å². The van der Waals surface area contributed by atoms with Gasteiger partial charge in [-0.3, -0.25) is 0 Å². The zero-order valence-corrected chi connectivity index (χ0v) is 13.8. The third-order valence-electron chi connectivity index (χ3n) is 3.00. The Labute approximate surface area is 143 Å². The normalized spacial score (nSPS) is 10.8. The molecule has 0 fully saturated rings. The molecular formula is C17H13N3O3S. The van der Waals surface area contributed by atoms with Crippen LogP contribution in [0.2, 0.25) is 0 Å². The van der Waals surface area contributed by atoms with Gasteiger partial charge in [0.15, 0.2) is 0 Å². The Kier molecular flexibility index (Phi) is 5.82. The summed E-state index contributed by atoms with van der Waals surface area (Å²) in [5, 5.41) is 15.7. The van der Waals surface area contributed by atoms with Crippen LogP contribution >= 0.6 is 11.8 Å². The maximum Gasteiger partial charge on any atom is 0.331 e. The number of oxime groups is 1. The van der Waals surface area contributed by atoms with Gasteiger partial charge >= 0.3 is 5.97 Å². The van der Waals surface area contributed by atoms with Crippen LogP contribution in [0, 0.1) is 16.2 Å². The van der Waals surface area contributed by atoms with Crippen molar-refractivity contribution in [1.82, 2.24) is 0 Å². The molecule has 120 valence electrons. The quantitative estimate of drug-likeness (QED) is 0.348. The number of carbonyl (C=O) groups is 1. The Hall–Kier alpha value is -2.98. The lowest BCUT2D eigenvalue weighted by atomic mass is 10.1. The average molecular weight is 339 g/mol. The van der Waals surface area contributed by atoms with Gasteiger partial charge < -0.3 is 4.84 Å². The van der Waals surface area contributed by atoms with Gasteiger partial charge in [0.2, 0.25) is 0 Å². The monoisotopic (exact) mass is 339 g/mol. The molecule has 0 spiro atoms. The van der Waals surface area contributed by atoms with Crippen LogP contribution in [-0.2, 0) is 9.63 Å². The van der Waals surface area contributed by atoms with E-state index in [1.807, 2.05) is 24.3 Å². The summed E-state index contributed by atoms with van der Waals surface area (Å²) in [6.07, 6.45) is 0. The van der Waals surface area contributed by atoms with Crippen molar-refractivity contribution in [3.05, 3.63) is 58.5 Å². The number of rotatable bonds is 5. The van der Waals surface area contributed by atoms with E-state index < -0.39 is 5.97 Å². The highest BCUT2D eigenvalue weighted by molar-refractivity contribution is 7.99. The van der Waals surface area contributed by atoms with Crippen LogP contribution in [0.4, 0.5) is 5.69 Å². The van der Waals surface area contributed by atoms with Gasteiger partial charge in [0, 0.05) is 16.7 Å². The summed E-state index contributed by atoms with van der Waals surface area (Å²) < 4.78 is 0. The molecule has 24 heavy (non-hydrogen) atoms. The van der Waals surface area contributed by atoms with E-state index in [0.717, 1.165) is 15.4 Å². The average Bonchev–Trinajstić information content (AvgIpc) is 2.60. The lowest BCUT2D eigenvalue weighted by Gasteiger charge is -2.06. The van der Waals surface area contributed by atoms with Crippen LogP contribution in [-0.4, -0.2) is 11.7 Å². The Balaban J connectivity index is 2.18. The van der Waals surface area contributed by atoms with Crippen molar-refractivity contribution in [1.29, 1.82) is 5.26 Å². The molecule has 0 radical (unpaired) electrons. The number of carbonyl (C=O) groups excluding carboxylic acids is 1. The van der Waals surface area contributed by atoms with Crippen LogP contribution in [0.1, 0.15) is 25.0 Å². The number of benzene rings is 2. The predicted octanol–water partition coefficient (Wildman–Crippen LogP) is 4.39. The van der Waals surface area contributed by atoms with Gasteiger partial charge in [0.05, 0.1) is 11.3 Å². The zero-order valence-electron chi connectivity index (χ0n) is 13.0. The summed E-state index contributed by atoms with van der Waals surface area (Å²) in [5.74, 6) is -0.473. The van der Waals surface area contributed by atoms with E-state index in [2.05, 4.69) is 21.2 Å². The molecule has 2 aromatic carbocycles. The first-order valence-electron chi connectivity index (χ1n) is 6.91. The van der Waals surface area contributed by atoms with Gasteiger partial charge in [-0.2, -0.15) is 5.26 Å². The van der Waals surface area contributed by atoms with Crippen molar-refractivity contribution in [3.8, 4) is 6.07 Å². The third kappa shape index (κ3) is 4.51. The molecule has 0 amide bonds. The Morgan fingerprint density at radius 2 is 1.88 bits per heavy atom. The molecule has 0 atom stereocenters. The smallest absolute Gasteiger partial charge is 0.318 e. The summed E-state index contributed by atoms with van der Waals surface area (Å²) in [4.78, 5) is 27.6. The molecule has 0 aliphatic carbocycles. The molecule has 0 aliphatic rings. The topological polar surface area (TPSA) is 91.9 Å². The van der Waals surface area contributed by atoms with Crippen molar-refractivity contribution in [2.45, 2.75) is 23.6 Å². The van der Waals surface area contributed by atoms with E-state index in [9.17, 15) is 15.0 Å². The molecule has 0 saturated carbocycles. The highest BCUT2D eigenvalue weighted by atomic mass is 32.2. The van der Waals surface area contributed by atoms with E-state index >= 15 is 0 Å². The minimum Gasteiger partial charge on any atom is -0.318 e. The van der Waals surface area contributed by atoms with E-state index in [1.54, 1.807) is 19.1 Å². The van der Waals surface area contributed by atoms with Gasteiger partial charge in [-0.15, -0.1) is 4.91 Å². The predicted molar refractivity (Wildman–Crippen MR) is 91.2 cm³/mol. The number of hydrogen-bond acceptors (Lipinski definition) is 7. The molecule has 7 heteroatoms. The van der Waals surface area contributed by atoms with Crippen LogP contribution in [0.3, 0.4) is 0 Å². The van der Waals surface area contributed by atoms with Gasteiger partial charge in [-0.1, -0.05) is 29.1 Å². The first-order valence-corrected chi connectivity index (χ1v) is 7.73. The van der Waals surface area contributed by atoms with E-state index in [-0.39, 0.29) is 5.69 Å². The molecule has 0 bridgehead atoms. The number of hydrogen-bond donors (Lipinski definition) is 0. The first kappa shape index (κ1) is 17.4. The van der Waals surface area contributed by atoms with Crippen LogP contribution in [0.25, 0.3) is 0 Å². The minimum atomic E-state index is -0.473. The molecule has 0 unspecified atom stereocenters. The largest absolute Gasteiger partial charge is 0.331 e. The number of nitroso groups, excluding NO2 is 1. The molecule has 2 rings (SSSR count). The molecule has 0 aromatic heterocycles. The van der Waals surface area contributed by atoms with Crippen LogP contribution in [0.5, 0.6) is 0 Å². The summed E-state index contributed by atoms with van der Waals surface area (Å²) in [7, 11) is 0. The van der Waals surface area contributed by atoms with Crippen LogP contribution < -0.4 is 0 Å². The Morgan fingerprint density at radius 3 is 2.46 bits per heavy atom. The van der Waals surface area contributed by atoms with Crippen molar-refractivity contribution in [2.75, 3.05) is 0 Å². The van der Waals surface area contributed by atoms with Crippen molar-refractivity contribution < 1.29 is 9.63 Å². The fraction of sp³-hybridized carbons (Fsp3) is 0.118. The van der Waals surface area contributed by atoms with Gasteiger partial charge in [-0.05, 0) is 48.0 Å². The molecule has 0 saturated heterocycles. The summed E-state index contributed by atoms with van der Waals surface area (Å²) in [6, 6.07) is 14.2. The highest BCUT2D eigenvalue weighted by Crippen LogP contribution is 2.32. The molecule has 6 nitrogen and oxygen atoms in total. The second-order valence-corrected chi connectivity index (χ2v) is 5.88. The second kappa shape index (κ2) is 8.04. The van der Waals surface area contributed by atoms with Crippen LogP contribution in [0.15, 0.2) is 62.6 Å². The molecule has 0 aliphatic heterocycles. The molecule has 2 aromatic rings. The Morgan fingerprint density at radius 1 is 1.17 bits per heavy atom. The Bertz CT molecular complexity index is 839. The van der Waals surface area contributed by atoms with Crippen molar-refractivity contribution in [2.24, 2.45) is 10.3 Å². The van der Waals surface area contributed by atoms with E-state index in [1.165, 1.54) is 24.8 Å². The first-order chi connectivity index (χ1) is 11.5. The molecule has 0 heterocycles. The fourth-order valence-electron chi connectivity index (χ4n) is 1.83. The second-order valence-electron chi connectivity index (χ2n) is 4.77. The lowest BCUT2D eigenvalue weighted by Crippen LogP contribution is -1.99. The van der Waals surface area contributed by atoms with E-state index in [0.29, 0.717) is 11.3 Å². The molecular weight excluding hydrogens is 326 g/mol. The van der Waals surface area contributed by atoms with Crippen molar-refractivity contribution >= 4 is 29.1 Å². The lowest BCUT2D eigenvalue weighted by molar-refractivity contribution is -0.140. The van der Waals surface area contributed by atoms with E-state index in [4.69, 9.17) is 0 Å². The minimum absolute atomic E-state index is 0.226. The third-order valence-corrected chi connectivity index (χ3v) is 4.08. The fourth-order valence-corrected chi connectivity index (χ4v) is 2.70. The zero-order chi connectivity index (χ0) is 17.5. The maximum atomic E-state index is 10.8. The molecule has 0 N–H and O–H groups in total. The summed E-state index contributed by atoms with van der Waals surface area (Å²) in [5.41, 5.74) is 2.03.